The van der Waals surface area contributed by atoms with Crippen LogP contribution in [0.3, 0.4) is 0 Å². The molecule has 30 heavy (non-hydrogen) atoms. The molecule has 9 nitrogen and oxygen atoms in total. The normalized spacial score (nSPS) is 16.8. The average Bonchev–Trinajstić information content (AvgIpc) is 3.13. The molecule has 1 saturated heterocycles. The van der Waals surface area contributed by atoms with E-state index in [2.05, 4.69) is 15.7 Å². The summed E-state index contributed by atoms with van der Waals surface area (Å²) in [4.78, 5) is 16.0. The van der Waals surface area contributed by atoms with Crippen molar-refractivity contribution in [1.82, 2.24) is 10.4 Å². The first-order valence-electron chi connectivity index (χ1n) is 9.46. The second kappa shape index (κ2) is 8.17. The van der Waals surface area contributed by atoms with Crippen LogP contribution < -0.4 is 16.6 Å². The number of aryl methyl sites for hydroxylation is 1. The van der Waals surface area contributed by atoms with E-state index >= 15 is 0 Å². The summed E-state index contributed by atoms with van der Waals surface area (Å²) in [6.07, 6.45) is 3.00. The monoisotopic (exact) mass is 430 g/mol. The first-order chi connectivity index (χ1) is 14.4. The molecular formula is C20H22N4O5S. The molecular weight excluding hydrogens is 408 g/mol. The Bertz CT molecular complexity index is 1150. The lowest BCUT2D eigenvalue weighted by atomic mass is 10.0. The Morgan fingerprint density at radius 3 is 2.50 bits per heavy atom. The van der Waals surface area contributed by atoms with Crippen molar-refractivity contribution < 1.29 is 21.6 Å². The van der Waals surface area contributed by atoms with Crippen LogP contribution >= 0.6 is 0 Å². The molecule has 0 saturated carbocycles. The van der Waals surface area contributed by atoms with Crippen LogP contribution in [0, 0.1) is 0 Å². The molecule has 2 heterocycles. The van der Waals surface area contributed by atoms with E-state index in [1.165, 1.54) is 0 Å². The predicted molar refractivity (Wildman–Crippen MR) is 111 cm³/mol. The first kappa shape index (κ1) is 20.5. The lowest BCUT2D eigenvalue weighted by Gasteiger charge is -2.37. The number of carbonyl (C=O) groups is 1. The Hall–Kier alpha value is -2.76. The third-order valence-electron chi connectivity index (χ3n) is 4.99. The van der Waals surface area contributed by atoms with Crippen LogP contribution in [-0.2, 0) is 36.4 Å². The molecule has 0 unspecified atom stereocenters. The number of hydrogen-bond donors (Lipinski definition) is 4. The fraction of sp³-hybridized carbons (Fsp3) is 0.250. The lowest BCUT2D eigenvalue weighted by Crippen LogP contribution is -2.58. The maximum Gasteiger partial charge on any atom is 0.406 e. The van der Waals surface area contributed by atoms with Crippen LogP contribution in [0.4, 0.5) is 5.69 Å². The number of fused-ring (bicyclic) bond motifs is 1. The van der Waals surface area contributed by atoms with E-state index in [9.17, 15) is 13.2 Å². The zero-order chi connectivity index (χ0) is 21.2. The number of benzene rings is 2. The standard InChI is InChI=1S/C20H22N4O5S/c21-23-12-10-14-5-7-16(8-6-14)24-19(25)20(28-30(26,27)29-20)11-9-15-13-22-18-4-2-1-3-17(15)18/h1-8,13,22-23H,9-12,21H2,(H,24,25). The van der Waals surface area contributed by atoms with Gasteiger partial charge >= 0.3 is 10.4 Å². The van der Waals surface area contributed by atoms with Gasteiger partial charge in [0.1, 0.15) is 0 Å². The highest BCUT2D eigenvalue weighted by molar-refractivity contribution is 7.83. The SMILES string of the molecule is NNCCc1ccc(NC(=O)C2(CCc3c[nH]c4ccccc34)OS(=O)(=O)O2)cc1. The number of nitrogens with one attached hydrogen (secondary N) is 3. The van der Waals surface area contributed by atoms with Crippen LogP contribution in [0.25, 0.3) is 10.9 Å². The van der Waals surface area contributed by atoms with Crippen molar-refractivity contribution >= 4 is 32.9 Å². The van der Waals surface area contributed by atoms with Gasteiger partial charge < -0.3 is 10.3 Å². The summed E-state index contributed by atoms with van der Waals surface area (Å²) >= 11 is 0. The fourth-order valence-electron chi connectivity index (χ4n) is 3.44. The minimum absolute atomic E-state index is 0.0418. The van der Waals surface area contributed by atoms with Crippen molar-refractivity contribution in [3.63, 3.8) is 0 Å². The molecule has 2 aromatic carbocycles. The van der Waals surface area contributed by atoms with Gasteiger partial charge in [-0.2, -0.15) is 8.42 Å². The Morgan fingerprint density at radius 2 is 1.80 bits per heavy atom. The Balaban J connectivity index is 1.47. The number of anilines is 1. The van der Waals surface area contributed by atoms with E-state index in [1.54, 1.807) is 12.1 Å². The van der Waals surface area contributed by atoms with Gasteiger partial charge in [-0.3, -0.25) is 16.1 Å². The molecule has 0 bridgehead atoms. The molecule has 0 radical (unpaired) electrons. The van der Waals surface area contributed by atoms with E-state index < -0.39 is 22.1 Å². The van der Waals surface area contributed by atoms with Crippen LogP contribution in [-0.4, -0.2) is 31.6 Å². The summed E-state index contributed by atoms with van der Waals surface area (Å²) in [6, 6.07) is 14.9. The number of aromatic amines is 1. The van der Waals surface area contributed by atoms with Gasteiger partial charge in [-0.05, 0) is 42.2 Å². The fourth-order valence-corrected chi connectivity index (χ4v) is 4.43. The minimum Gasteiger partial charge on any atom is -0.361 e. The Labute approximate surface area is 173 Å². The number of hydrazine groups is 1. The van der Waals surface area contributed by atoms with Crippen molar-refractivity contribution in [3.05, 3.63) is 65.9 Å². The van der Waals surface area contributed by atoms with Crippen molar-refractivity contribution in [2.75, 3.05) is 11.9 Å². The number of amides is 1. The van der Waals surface area contributed by atoms with Crippen molar-refractivity contribution in [2.45, 2.75) is 25.0 Å². The van der Waals surface area contributed by atoms with Gasteiger partial charge in [-0.1, -0.05) is 30.3 Å². The molecule has 1 aromatic heterocycles. The highest BCUT2D eigenvalue weighted by Gasteiger charge is 2.58. The first-order valence-corrected chi connectivity index (χ1v) is 10.8. The lowest BCUT2D eigenvalue weighted by molar-refractivity contribution is -0.195. The molecule has 3 aromatic rings. The second-order valence-electron chi connectivity index (χ2n) is 7.04. The van der Waals surface area contributed by atoms with Crippen LogP contribution in [0.5, 0.6) is 0 Å². The van der Waals surface area contributed by atoms with E-state index in [0.717, 1.165) is 28.5 Å². The smallest absolute Gasteiger partial charge is 0.361 e. The number of H-pyrrole nitrogens is 1. The van der Waals surface area contributed by atoms with E-state index in [4.69, 9.17) is 14.2 Å². The summed E-state index contributed by atoms with van der Waals surface area (Å²) < 4.78 is 32.9. The second-order valence-corrected chi connectivity index (χ2v) is 8.19. The molecule has 0 aliphatic carbocycles. The predicted octanol–water partition coefficient (Wildman–Crippen LogP) is 1.73. The van der Waals surface area contributed by atoms with E-state index in [0.29, 0.717) is 18.7 Å². The molecule has 1 aliphatic rings. The number of aromatic nitrogens is 1. The Kier molecular flexibility index (Phi) is 5.58. The van der Waals surface area contributed by atoms with Gasteiger partial charge in [-0.25, -0.2) is 8.37 Å². The largest absolute Gasteiger partial charge is 0.406 e. The van der Waals surface area contributed by atoms with Crippen molar-refractivity contribution in [3.8, 4) is 0 Å². The van der Waals surface area contributed by atoms with E-state index in [1.807, 2.05) is 42.6 Å². The summed E-state index contributed by atoms with van der Waals surface area (Å²) in [5.74, 6) is 2.71. The summed E-state index contributed by atoms with van der Waals surface area (Å²) in [7, 11) is -4.16. The summed E-state index contributed by atoms with van der Waals surface area (Å²) in [5.41, 5.74) is 6.02. The highest BCUT2D eigenvalue weighted by atomic mass is 32.3. The number of hydrogen-bond acceptors (Lipinski definition) is 7. The maximum atomic E-state index is 12.8. The van der Waals surface area contributed by atoms with Gasteiger partial charge in [0, 0.05) is 35.8 Å². The van der Waals surface area contributed by atoms with Crippen LogP contribution in [0.1, 0.15) is 17.5 Å². The molecule has 5 N–H and O–H groups in total. The summed E-state index contributed by atoms with van der Waals surface area (Å²) in [5, 5.41) is 3.67. The molecule has 4 rings (SSSR count). The van der Waals surface area contributed by atoms with E-state index in [-0.39, 0.29) is 6.42 Å². The third-order valence-corrected chi connectivity index (χ3v) is 5.93. The average molecular weight is 430 g/mol. The molecule has 1 aliphatic heterocycles. The van der Waals surface area contributed by atoms with Gasteiger partial charge in [0.25, 0.3) is 11.7 Å². The number of rotatable bonds is 8. The molecule has 158 valence electrons. The number of para-hydroxylation sites is 1. The quantitative estimate of drug-likeness (QED) is 0.316. The van der Waals surface area contributed by atoms with Crippen LogP contribution in [0.15, 0.2) is 54.7 Å². The molecule has 0 atom stereocenters. The van der Waals surface area contributed by atoms with Crippen molar-refractivity contribution in [1.29, 1.82) is 0 Å². The molecule has 0 spiro atoms. The van der Waals surface area contributed by atoms with Gasteiger partial charge in [0.2, 0.25) is 0 Å². The summed E-state index contributed by atoms with van der Waals surface area (Å²) in [6.45, 7) is 0.627. The number of carbonyl (C=O) groups excluding carboxylic acids is 1. The number of nitrogens with two attached hydrogens (primary N) is 1. The van der Waals surface area contributed by atoms with Gasteiger partial charge in [0.15, 0.2) is 0 Å². The zero-order valence-corrected chi connectivity index (χ0v) is 16.9. The highest BCUT2D eigenvalue weighted by Crippen LogP contribution is 2.37. The molecule has 1 amide bonds. The topological polar surface area (TPSA) is 136 Å². The van der Waals surface area contributed by atoms with Gasteiger partial charge in [0.05, 0.1) is 0 Å². The zero-order valence-electron chi connectivity index (χ0n) is 16.1. The minimum atomic E-state index is -4.16. The Morgan fingerprint density at radius 1 is 1.07 bits per heavy atom. The van der Waals surface area contributed by atoms with Crippen LogP contribution in [0.2, 0.25) is 0 Å². The van der Waals surface area contributed by atoms with Gasteiger partial charge in [-0.15, -0.1) is 0 Å². The maximum absolute atomic E-state index is 12.8. The molecule has 1 fully saturated rings. The molecule has 10 heteroatoms. The third kappa shape index (κ3) is 4.23. The van der Waals surface area contributed by atoms with Crippen molar-refractivity contribution in [2.24, 2.45) is 5.84 Å².